The SMILES string of the molecule is COC(=O)/C=C1/S/C(=N\N=Cc2ccc(OCc3ccc(C#N)cc3)cc2)NC1=O. The number of carbonyl (C=O) groups is 2. The number of carbonyl (C=O) groups excluding carboxylic acids is 2. The van der Waals surface area contributed by atoms with Crippen molar-refractivity contribution in [2.24, 2.45) is 10.2 Å². The zero-order valence-corrected chi connectivity index (χ0v) is 16.7. The highest BCUT2D eigenvalue weighted by Crippen LogP contribution is 2.23. The number of thioether (sulfide) groups is 1. The summed E-state index contributed by atoms with van der Waals surface area (Å²) in [6, 6.07) is 16.5. The number of rotatable bonds is 6. The van der Waals surface area contributed by atoms with Gasteiger partial charge in [-0.05, 0) is 59.3 Å². The third kappa shape index (κ3) is 5.80. The van der Waals surface area contributed by atoms with Crippen LogP contribution in [-0.4, -0.2) is 30.4 Å². The molecule has 0 bridgehead atoms. The van der Waals surface area contributed by atoms with Gasteiger partial charge in [-0.25, -0.2) is 4.79 Å². The molecule has 150 valence electrons. The fourth-order valence-electron chi connectivity index (χ4n) is 2.28. The number of ether oxygens (including phenoxy) is 2. The van der Waals surface area contributed by atoms with E-state index in [9.17, 15) is 9.59 Å². The minimum atomic E-state index is -0.612. The van der Waals surface area contributed by atoms with Crippen molar-refractivity contribution in [3.8, 4) is 11.8 Å². The van der Waals surface area contributed by atoms with Crippen molar-refractivity contribution in [2.75, 3.05) is 7.11 Å². The lowest BCUT2D eigenvalue weighted by Crippen LogP contribution is -2.19. The minimum absolute atomic E-state index is 0.194. The van der Waals surface area contributed by atoms with Gasteiger partial charge in [-0.2, -0.15) is 10.4 Å². The van der Waals surface area contributed by atoms with E-state index < -0.39 is 11.9 Å². The summed E-state index contributed by atoms with van der Waals surface area (Å²) < 4.78 is 10.2. The summed E-state index contributed by atoms with van der Waals surface area (Å²) in [5.41, 5.74) is 2.37. The summed E-state index contributed by atoms with van der Waals surface area (Å²) in [6.07, 6.45) is 2.63. The highest BCUT2D eigenvalue weighted by Gasteiger charge is 2.24. The number of methoxy groups -OCH3 is 1. The van der Waals surface area contributed by atoms with Crippen LogP contribution >= 0.6 is 11.8 Å². The van der Waals surface area contributed by atoms with Gasteiger partial charge in [0.15, 0.2) is 5.17 Å². The molecule has 0 atom stereocenters. The lowest BCUT2D eigenvalue weighted by molar-refractivity contribution is -0.135. The van der Waals surface area contributed by atoms with Crippen LogP contribution in [0.2, 0.25) is 0 Å². The molecule has 2 aromatic carbocycles. The summed E-state index contributed by atoms with van der Waals surface area (Å²) in [7, 11) is 1.24. The van der Waals surface area contributed by atoms with Crippen molar-refractivity contribution in [3.05, 3.63) is 76.2 Å². The fourth-order valence-corrected chi connectivity index (χ4v) is 3.02. The van der Waals surface area contributed by atoms with Gasteiger partial charge in [0.25, 0.3) is 5.91 Å². The van der Waals surface area contributed by atoms with Crippen LogP contribution in [0.15, 0.2) is 69.7 Å². The van der Waals surface area contributed by atoms with E-state index in [4.69, 9.17) is 10.00 Å². The number of amidine groups is 1. The molecular weight excluding hydrogens is 404 g/mol. The van der Waals surface area contributed by atoms with E-state index in [1.807, 2.05) is 24.3 Å². The Bertz CT molecular complexity index is 1070. The lowest BCUT2D eigenvalue weighted by atomic mass is 10.1. The number of nitrogens with zero attached hydrogens (tertiary/aromatic N) is 3. The maximum absolute atomic E-state index is 11.7. The molecule has 9 heteroatoms. The van der Waals surface area contributed by atoms with Crippen LogP contribution in [0.25, 0.3) is 0 Å². The van der Waals surface area contributed by atoms with Gasteiger partial charge in [-0.1, -0.05) is 12.1 Å². The van der Waals surface area contributed by atoms with Gasteiger partial charge < -0.3 is 9.47 Å². The topological polar surface area (TPSA) is 113 Å². The first-order valence-electron chi connectivity index (χ1n) is 8.69. The van der Waals surface area contributed by atoms with Crippen LogP contribution in [0.4, 0.5) is 0 Å². The first-order valence-corrected chi connectivity index (χ1v) is 9.51. The van der Waals surface area contributed by atoms with Gasteiger partial charge in [0.1, 0.15) is 12.4 Å². The average molecular weight is 420 g/mol. The number of nitrogens with one attached hydrogen (secondary N) is 1. The van der Waals surface area contributed by atoms with Gasteiger partial charge >= 0.3 is 5.97 Å². The molecule has 1 amide bonds. The maximum atomic E-state index is 11.7. The number of hydrogen-bond acceptors (Lipinski definition) is 8. The van der Waals surface area contributed by atoms with E-state index in [0.717, 1.165) is 29.0 Å². The number of amides is 1. The molecule has 3 rings (SSSR count). The van der Waals surface area contributed by atoms with E-state index in [2.05, 4.69) is 26.3 Å². The summed E-state index contributed by atoms with van der Waals surface area (Å²) in [6.45, 7) is 0.394. The molecular formula is C21H16N4O4S. The molecule has 0 aromatic heterocycles. The second kappa shape index (κ2) is 10.0. The van der Waals surface area contributed by atoms with Gasteiger partial charge in [0.05, 0.1) is 29.9 Å². The zero-order valence-electron chi connectivity index (χ0n) is 15.9. The second-order valence-corrected chi connectivity index (χ2v) is 6.93. The van der Waals surface area contributed by atoms with Crippen LogP contribution in [-0.2, 0) is 20.9 Å². The molecule has 0 radical (unpaired) electrons. The zero-order chi connectivity index (χ0) is 21.3. The molecule has 1 heterocycles. The predicted octanol–water partition coefficient (Wildman–Crippen LogP) is 2.75. The van der Waals surface area contributed by atoms with E-state index in [0.29, 0.717) is 17.9 Å². The predicted molar refractivity (Wildman–Crippen MR) is 113 cm³/mol. The molecule has 1 aliphatic heterocycles. The first-order chi connectivity index (χ1) is 14.6. The Labute approximate surface area is 176 Å². The Morgan fingerprint density at radius 2 is 1.93 bits per heavy atom. The number of esters is 1. The third-order valence-electron chi connectivity index (χ3n) is 3.83. The van der Waals surface area contributed by atoms with Crippen molar-refractivity contribution in [2.45, 2.75) is 6.61 Å². The fraction of sp³-hybridized carbons (Fsp3) is 0.0952. The van der Waals surface area contributed by atoms with Crippen LogP contribution in [0.1, 0.15) is 16.7 Å². The number of hydrogen-bond donors (Lipinski definition) is 1. The first kappa shape index (κ1) is 20.8. The smallest absolute Gasteiger partial charge is 0.331 e. The van der Waals surface area contributed by atoms with Crippen LogP contribution in [0.5, 0.6) is 5.75 Å². The lowest BCUT2D eigenvalue weighted by Gasteiger charge is -2.06. The highest BCUT2D eigenvalue weighted by atomic mass is 32.2. The second-order valence-electron chi connectivity index (χ2n) is 5.90. The summed E-state index contributed by atoms with van der Waals surface area (Å²) >= 11 is 1.00. The third-order valence-corrected chi connectivity index (χ3v) is 4.73. The normalized spacial score (nSPS) is 15.9. The quantitative estimate of drug-likeness (QED) is 0.333. The molecule has 0 saturated carbocycles. The molecule has 0 spiro atoms. The van der Waals surface area contributed by atoms with Crippen molar-refractivity contribution < 1.29 is 19.1 Å². The maximum Gasteiger partial charge on any atom is 0.331 e. The van der Waals surface area contributed by atoms with Crippen LogP contribution in [0.3, 0.4) is 0 Å². The van der Waals surface area contributed by atoms with E-state index in [-0.39, 0.29) is 10.1 Å². The molecule has 2 aromatic rings. The molecule has 1 aliphatic rings. The largest absolute Gasteiger partial charge is 0.489 e. The molecule has 30 heavy (non-hydrogen) atoms. The molecule has 0 unspecified atom stereocenters. The van der Waals surface area contributed by atoms with E-state index in [1.165, 1.54) is 13.3 Å². The Kier molecular flexibility index (Phi) is 6.97. The molecule has 1 fully saturated rings. The average Bonchev–Trinajstić information content (AvgIpc) is 3.12. The van der Waals surface area contributed by atoms with Crippen molar-refractivity contribution in [1.82, 2.24) is 5.32 Å². The molecule has 8 nitrogen and oxygen atoms in total. The molecule has 1 saturated heterocycles. The van der Waals surface area contributed by atoms with Crippen molar-refractivity contribution in [1.29, 1.82) is 5.26 Å². The van der Waals surface area contributed by atoms with E-state index >= 15 is 0 Å². The Morgan fingerprint density at radius 3 is 2.60 bits per heavy atom. The Balaban J connectivity index is 1.54. The standard InChI is InChI=1S/C21H16N4O4S/c1-28-19(26)10-18-20(27)24-21(30-18)25-23-12-15-6-8-17(9-7-15)29-13-16-4-2-14(11-22)3-5-16/h2-10,12H,13H2,1H3,(H,24,25,27)/b18-10+,23-12?. The summed E-state index contributed by atoms with van der Waals surface area (Å²) in [4.78, 5) is 23.1. The summed E-state index contributed by atoms with van der Waals surface area (Å²) in [5, 5.41) is 19.5. The monoisotopic (exact) mass is 420 g/mol. The summed E-state index contributed by atoms with van der Waals surface area (Å²) in [5.74, 6) is -0.346. The van der Waals surface area contributed by atoms with Crippen LogP contribution in [0, 0.1) is 11.3 Å². The highest BCUT2D eigenvalue weighted by molar-refractivity contribution is 8.18. The molecule has 1 N–H and O–H groups in total. The van der Waals surface area contributed by atoms with Gasteiger partial charge in [0, 0.05) is 6.08 Å². The van der Waals surface area contributed by atoms with Crippen molar-refractivity contribution in [3.63, 3.8) is 0 Å². The minimum Gasteiger partial charge on any atom is -0.489 e. The number of benzene rings is 2. The van der Waals surface area contributed by atoms with Gasteiger partial charge in [-0.3, -0.25) is 10.1 Å². The van der Waals surface area contributed by atoms with Gasteiger partial charge in [-0.15, -0.1) is 5.10 Å². The Morgan fingerprint density at radius 1 is 1.20 bits per heavy atom. The van der Waals surface area contributed by atoms with Gasteiger partial charge in [0.2, 0.25) is 0 Å². The Hall–Kier alpha value is -3.90. The van der Waals surface area contributed by atoms with E-state index in [1.54, 1.807) is 24.3 Å². The van der Waals surface area contributed by atoms with Crippen LogP contribution < -0.4 is 10.1 Å². The van der Waals surface area contributed by atoms with Crippen molar-refractivity contribution >= 4 is 35.0 Å². The number of nitriles is 1. The molecule has 0 aliphatic carbocycles.